The summed E-state index contributed by atoms with van der Waals surface area (Å²) in [6.07, 6.45) is -0.605. The van der Waals surface area contributed by atoms with Crippen molar-refractivity contribution in [2.24, 2.45) is 0 Å². The van der Waals surface area contributed by atoms with Crippen molar-refractivity contribution in [2.45, 2.75) is 13.0 Å². The third kappa shape index (κ3) is 2.06. The van der Waals surface area contributed by atoms with Crippen molar-refractivity contribution in [1.29, 1.82) is 0 Å². The molecule has 0 spiro atoms. The van der Waals surface area contributed by atoms with Crippen LogP contribution in [0.4, 0.5) is 0 Å². The Balaban J connectivity index is 2.05. The van der Waals surface area contributed by atoms with E-state index in [1.54, 1.807) is 11.8 Å². The third-order valence-electron chi connectivity index (χ3n) is 3.57. The summed E-state index contributed by atoms with van der Waals surface area (Å²) in [5.41, 5.74) is 3.83. The molecule has 0 saturated heterocycles. The van der Waals surface area contributed by atoms with E-state index in [1.165, 1.54) is 0 Å². The van der Waals surface area contributed by atoms with Gasteiger partial charge < -0.3 is 9.94 Å². The summed E-state index contributed by atoms with van der Waals surface area (Å²) in [5, 5.41) is 11.5. The van der Waals surface area contributed by atoms with E-state index in [-0.39, 0.29) is 0 Å². The van der Waals surface area contributed by atoms with Crippen LogP contribution < -0.4 is 4.84 Å². The Morgan fingerprint density at radius 2 is 1.75 bits per heavy atom. The molecule has 0 amide bonds. The SMILES string of the molecule is COn1c(C)cc2cc(C(O)c3ccccc3)ccc21. The Kier molecular flexibility index (Phi) is 3.20. The second kappa shape index (κ2) is 5.02. The zero-order valence-electron chi connectivity index (χ0n) is 11.6. The van der Waals surface area contributed by atoms with Crippen LogP contribution in [0.15, 0.2) is 54.6 Å². The van der Waals surface area contributed by atoms with Gasteiger partial charge in [0.05, 0.1) is 11.2 Å². The van der Waals surface area contributed by atoms with E-state index in [2.05, 4.69) is 6.07 Å². The van der Waals surface area contributed by atoms with Gasteiger partial charge in [-0.2, -0.15) is 4.73 Å². The molecule has 3 rings (SSSR count). The number of aliphatic hydroxyl groups is 1. The summed E-state index contributed by atoms with van der Waals surface area (Å²) in [6.45, 7) is 2.00. The molecule has 0 aliphatic heterocycles. The number of aromatic nitrogens is 1. The number of aliphatic hydroxyl groups excluding tert-OH is 1. The molecule has 3 aromatic rings. The molecule has 0 aliphatic rings. The monoisotopic (exact) mass is 267 g/mol. The van der Waals surface area contributed by atoms with Crippen molar-refractivity contribution in [1.82, 2.24) is 4.73 Å². The predicted octanol–water partition coefficient (Wildman–Crippen LogP) is 3.09. The molecule has 1 aromatic heterocycles. The fourth-order valence-corrected chi connectivity index (χ4v) is 2.59. The minimum Gasteiger partial charge on any atom is -0.417 e. The standard InChI is InChI=1S/C17H17NO2/c1-12-10-15-11-14(8-9-16(15)18(12)20-2)17(19)13-6-4-3-5-7-13/h3-11,17,19H,1-2H3. The van der Waals surface area contributed by atoms with Crippen molar-refractivity contribution in [3.63, 3.8) is 0 Å². The van der Waals surface area contributed by atoms with Crippen molar-refractivity contribution in [2.75, 3.05) is 7.11 Å². The highest BCUT2D eigenvalue weighted by Crippen LogP contribution is 2.26. The van der Waals surface area contributed by atoms with Gasteiger partial charge in [-0.25, -0.2) is 0 Å². The van der Waals surface area contributed by atoms with Crippen molar-refractivity contribution >= 4 is 10.9 Å². The maximum atomic E-state index is 10.4. The fraction of sp³-hybridized carbons (Fsp3) is 0.176. The van der Waals surface area contributed by atoms with Crippen LogP contribution in [0.2, 0.25) is 0 Å². The molecular formula is C17H17NO2. The highest BCUT2D eigenvalue weighted by Gasteiger charge is 2.12. The van der Waals surface area contributed by atoms with E-state index >= 15 is 0 Å². The first-order valence-corrected chi connectivity index (χ1v) is 6.60. The number of benzene rings is 2. The molecule has 1 heterocycles. The first-order valence-electron chi connectivity index (χ1n) is 6.60. The summed E-state index contributed by atoms with van der Waals surface area (Å²) >= 11 is 0. The van der Waals surface area contributed by atoms with E-state index < -0.39 is 6.10 Å². The predicted molar refractivity (Wildman–Crippen MR) is 79.7 cm³/mol. The van der Waals surface area contributed by atoms with Crippen molar-refractivity contribution < 1.29 is 9.94 Å². The molecule has 2 aromatic carbocycles. The van der Waals surface area contributed by atoms with Gasteiger partial charge in [-0.3, -0.25) is 0 Å². The Morgan fingerprint density at radius 3 is 2.45 bits per heavy atom. The van der Waals surface area contributed by atoms with Gasteiger partial charge in [-0.15, -0.1) is 0 Å². The Morgan fingerprint density at radius 1 is 1.00 bits per heavy atom. The smallest absolute Gasteiger partial charge is 0.104 e. The number of hydrogen-bond donors (Lipinski definition) is 1. The van der Waals surface area contributed by atoms with Gasteiger partial charge in [-0.1, -0.05) is 36.4 Å². The molecule has 0 aliphatic carbocycles. The largest absolute Gasteiger partial charge is 0.417 e. The van der Waals surface area contributed by atoms with Crippen LogP contribution in [0, 0.1) is 6.92 Å². The topological polar surface area (TPSA) is 34.4 Å². The van der Waals surface area contributed by atoms with Crippen LogP contribution in [0.1, 0.15) is 22.9 Å². The summed E-state index contributed by atoms with van der Waals surface area (Å²) < 4.78 is 1.79. The van der Waals surface area contributed by atoms with Gasteiger partial charge in [0.2, 0.25) is 0 Å². The summed E-state index contributed by atoms with van der Waals surface area (Å²) in [7, 11) is 1.65. The van der Waals surface area contributed by atoms with Gasteiger partial charge >= 0.3 is 0 Å². The lowest BCUT2D eigenvalue weighted by molar-refractivity contribution is 0.173. The molecule has 0 fully saturated rings. The molecule has 0 radical (unpaired) electrons. The van der Waals surface area contributed by atoms with Gasteiger partial charge in [-0.05, 0) is 36.2 Å². The van der Waals surface area contributed by atoms with Crippen LogP contribution in [0.25, 0.3) is 10.9 Å². The Bertz CT molecular complexity index is 731. The Labute approximate surface area is 118 Å². The quantitative estimate of drug-likeness (QED) is 0.791. The minimum atomic E-state index is -0.605. The van der Waals surface area contributed by atoms with E-state index in [4.69, 9.17) is 4.84 Å². The van der Waals surface area contributed by atoms with E-state index in [1.807, 2.05) is 55.5 Å². The number of rotatable bonds is 3. The third-order valence-corrected chi connectivity index (χ3v) is 3.57. The molecule has 1 atom stereocenters. The zero-order valence-corrected chi connectivity index (χ0v) is 11.6. The summed E-state index contributed by atoms with van der Waals surface area (Å²) in [4.78, 5) is 5.34. The lowest BCUT2D eigenvalue weighted by Crippen LogP contribution is -2.06. The van der Waals surface area contributed by atoms with Gasteiger partial charge in [0.15, 0.2) is 0 Å². The molecule has 102 valence electrons. The Hall–Kier alpha value is -2.26. The first-order chi connectivity index (χ1) is 9.70. The molecule has 3 heteroatoms. The van der Waals surface area contributed by atoms with Crippen LogP contribution in [-0.2, 0) is 0 Å². The van der Waals surface area contributed by atoms with Crippen LogP contribution in [0.3, 0.4) is 0 Å². The van der Waals surface area contributed by atoms with Crippen LogP contribution in [0.5, 0.6) is 0 Å². The molecule has 0 saturated carbocycles. The molecule has 1 N–H and O–H groups in total. The molecule has 1 unspecified atom stereocenters. The normalized spacial score (nSPS) is 12.6. The number of aryl methyl sites for hydroxylation is 1. The highest BCUT2D eigenvalue weighted by atomic mass is 16.6. The highest BCUT2D eigenvalue weighted by molar-refractivity contribution is 5.82. The molecule has 3 nitrogen and oxygen atoms in total. The van der Waals surface area contributed by atoms with Crippen LogP contribution in [-0.4, -0.2) is 16.9 Å². The van der Waals surface area contributed by atoms with E-state index in [0.29, 0.717) is 0 Å². The number of fused-ring (bicyclic) bond motifs is 1. The van der Waals surface area contributed by atoms with Crippen LogP contribution >= 0.6 is 0 Å². The summed E-state index contributed by atoms with van der Waals surface area (Å²) in [6, 6.07) is 17.7. The van der Waals surface area contributed by atoms with Crippen molar-refractivity contribution in [3.8, 4) is 0 Å². The lowest BCUT2D eigenvalue weighted by atomic mass is 10.0. The second-order valence-corrected chi connectivity index (χ2v) is 4.89. The molecule has 0 bridgehead atoms. The molecule has 20 heavy (non-hydrogen) atoms. The van der Waals surface area contributed by atoms with Crippen molar-refractivity contribution in [3.05, 3.63) is 71.4 Å². The maximum Gasteiger partial charge on any atom is 0.104 e. The average Bonchev–Trinajstić information content (AvgIpc) is 2.81. The first kappa shape index (κ1) is 12.8. The van der Waals surface area contributed by atoms with E-state index in [0.717, 1.165) is 27.7 Å². The molecular weight excluding hydrogens is 250 g/mol. The maximum absolute atomic E-state index is 10.4. The van der Waals surface area contributed by atoms with Gasteiger partial charge in [0.25, 0.3) is 0 Å². The average molecular weight is 267 g/mol. The fourth-order valence-electron chi connectivity index (χ4n) is 2.59. The summed E-state index contributed by atoms with van der Waals surface area (Å²) in [5.74, 6) is 0. The second-order valence-electron chi connectivity index (χ2n) is 4.89. The number of nitrogens with zero attached hydrogens (tertiary/aromatic N) is 1. The van der Waals surface area contributed by atoms with Gasteiger partial charge in [0.1, 0.15) is 13.2 Å². The number of hydrogen-bond acceptors (Lipinski definition) is 2. The van der Waals surface area contributed by atoms with Gasteiger partial charge in [0, 0.05) is 5.39 Å². The van der Waals surface area contributed by atoms with E-state index in [9.17, 15) is 5.11 Å². The minimum absolute atomic E-state index is 0.605. The zero-order chi connectivity index (χ0) is 14.1. The lowest BCUT2D eigenvalue weighted by Gasteiger charge is -2.12.